The normalized spacial score (nSPS) is 14.7. The summed E-state index contributed by atoms with van der Waals surface area (Å²) in [6.07, 6.45) is 3.41. The molecule has 2 rings (SSSR count). The van der Waals surface area contributed by atoms with E-state index in [0.717, 1.165) is 11.3 Å². The molecular formula is C14H14BrNO3. The van der Waals surface area contributed by atoms with E-state index in [9.17, 15) is 9.90 Å². The standard InChI is InChI=1S/C14H14BrNO3/c1-19-11-4-2-10(3-5-11)8-16-7-6-12(14(15)18)13(17)9-16/h2-7,17H,8-9H2,1H3. The summed E-state index contributed by atoms with van der Waals surface area (Å²) in [5.74, 6) is 0.894. The van der Waals surface area contributed by atoms with Crippen LogP contribution >= 0.6 is 15.9 Å². The number of aliphatic hydroxyl groups is 1. The monoisotopic (exact) mass is 323 g/mol. The van der Waals surface area contributed by atoms with Crippen LogP contribution in [0.25, 0.3) is 0 Å². The molecule has 5 heteroatoms. The number of halogens is 1. The maximum absolute atomic E-state index is 11.2. The minimum atomic E-state index is -0.301. The van der Waals surface area contributed by atoms with Gasteiger partial charge in [0.05, 0.1) is 19.2 Å². The lowest BCUT2D eigenvalue weighted by Gasteiger charge is -2.24. The molecule has 0 radical (unpaired) electrons. The number of carbonyl (C=O) groups is 1. The number of ether oxygens (including phenoxy) is 1. The Morgan fingerprint density at radius 2 is 2.11 bits per heavy atom. The molecule has 0 unspecified atom stereocenters. The average molecular weight is 324 g/mol. The third kappa shape index (κ3) is 3.38. The number of hydrogen-bond acceptors (Lipinski definition) is 4. The highest BCUT2D eigenvalue weighted by atomic mass is 79.9. The van der Waals surface area contributed by atoms with Crippen molar-refractivity contribution in [3.8, 4) is 5.75 Å². The number of allylic oxidation sites excluding steroid dienone is 2. The lowest BCUT2D eigenvalue weighted by molar-refractivity contribution is -0.107. The number of rotatable bonds is 4. The predicted octanol–water partition coefficient (Wildman–Crippen LogP) is 2.76. The Hall–Kier alpha value is -1.75. The van der Waals surface area contributed by atoms with Crippen LogP contribution in [0.15, 0.2) is 47.9 Å². The molecule has 1 N–H and O–H groups in total. The highest BCUT2D eigenvalue weighted by Gasteiger charge is 2.16. The van der Waals surface area contributed by atoms with E-state index in [2.05, 4.69) is 15.9 Å². The number of aliphatic hydroxyl groups excluding tert-OH is 1. The lowest BCUT2D eigenvalue weighted by atomic mass is 10.1. The van der Waals surface area contributed by atoms with E-state index in [4.69, 9.17) is 4.74 Å². The second kappa shape index (κ2) is 5.93. The summed E-state index contributed by atoms with van der Waals surface area (Å²) in [6.45, 7) is 0.990. The van der Waals surface area contributed by atoms with E-state index in [-0.39, 0.29) is 10.5 Å². The SMILES string of the molecule is COc1ccc(CN2C=CC(C(=O)Br)=C(O)C2)cc1. The minimum Gasteiger partial charge on any atom is -0.510 e. The number of nitrogens with zero attached hydrogens (tertiary/aromatic N) is 1. The first-order chi connectivity index (χ1) is 9.10. The molecular weight excluding hydrogens is 310 g/mol. The summed E-state index contributed by atoms with van der Waals surface area (Å²) in [4.78, 5) is 13.1. The van der Waals surface area contributed by atoms with Gasteiger partial charge in [0.15, 0.2) is 0 Å². The van der Waals surface area contributed by atoms with Gasteiger partial charge in [-0.05, 0) is 39.7 Å². The molecule has 1 aromatic rings. The van der Waals surface area contributed by atoms with Gasteiger partial charge in [0, 0.05) is 12.7 Å². The molecule has 1 aliphatic rings. The Morgan fingerprint density at radius 1 is 1.42 bits per heavy atom. The first kappa shape index (κ1) is 13.7. The summed E-state index contributed by atoms with van der Waals surface area (Å²) in [5.41, 5.74) is 1.41. The van der Waals surface area contributed by atoms with Gasteiger partial charge in [0.25, 0.3) is 0 Å². The van der Waals surface area contributed by atoms with Gasteiger partial charge in [-0.15, -0.1) is 0 Å². The zero-order valence-electron chi connectivity index (χ0n) is 10.5. The van der Waals surface area contributed by atoms with Crippen LogP contribution in [-0.2, 0) is 11.3 Å². The molecule has 1 aromatic carbocycles. The van der Waals surface area contributed by atoms with Crippen molar-refractivity contribution in [1.82, 2.24) is 4.90 Å². The predicted molar refractivity (Wildman–Crippen MR) is 76.1 cm³/mol. The summed E-state index contributed by atoms with van der Waals surface area (Å²) in [6, 6.07) is 7.73. The first-order valence-corrected chi connectivity index (χ1v) is 6.56. The van der Waals surface area contributed by atoms with E-state index in [1.165, 1.54) is 0 Å². The van der Waals surface area contributed by atoms with Crippen LogP contribution in [0.5, 0.6) is 5.75 Å². The highest BCUT2D eigenvalue weighted by molar-refractivity contribution is 9.18. The molecule has 0 amide bonds. The van der Waals surface area contributed by atoms with Crippen LogP contribution in [0.2, 0.25) is 0 Å². The van der Waals surface area contributed by atoms with Crippen LogP contribution in [0, 0.1) is 0 Å². The molecule has 0 aliphatic carbocycles. The van der Waals surface area contributed by atoms with Crippen molar-refractivity contribution < 1.29 is 14.6 Å². The van der Waals surface area contributed by atoms with Gasteiger partial charge < -0.3 is 14.7 Å². The van der Waals surface area contributed by atoms with Gasteiger partial charge in [-0.3, -0.25) is 4.79 Å². The topological polar surface area (TPSA) is 49.8 Å². The Kier molecular flexibility index (Phi) is 4.27. The Balaban J connectivity index is 2.02. The number of benzene rings is 1. The Bertz CT molecular complexity index is 534. The molecule has 4 nitrogen and oxygen atoms in total. The quantitative estimate of drug-likeness (QED) is 0.866. The van der Waals surface area contributed by atoms with Gasteiger partial charge in [0.1, 0.15) is 11.5 Å². The van der Waals surface area contributed by atoms with Crippen molar-refractivity contribution in [2.24, 2.45) is 0 Å². The molecule has 0 fully saturated rings. The van der Waals surface area contributed by atoms with Gasteiger partial charge in [-0.1, -0.05) is 12.1 Å². The first-order valence-electron chi connectivity index (χ1n) is 5.77. The number of hydrogen-bond donors (Lipinski definition) is 1. The zero-order valence-corrected chi connectivity index (χ0v) is 12.1. The van der Waals surface area contributed by atoms with Crippen molar-refractivity contribution in [3.05, 3.63) is 53.4 Å². The van der Waals surface area contributed by atoms with E-state index < -0.39 is 0 Å². The fraction of sp³-hybridized carbons (Fsp3) is 0.214. The highest BCUT2D eigenvalue weighted by Crippen LogP contribution is 2.19. The van der Waals surface area contributed by atoms with Crippen LogP contribution < -0.4 is 4.74 Å². The van der Waals surface area contributed by atoms with Crippen LogP contribution in [0.3, 0.4) is 0 Å². The van der Waals surface area contributed by atoms with Crippen molar-refractivity contribution in [3.63, 3.8) is 0 Å². The molecule has 1 aliphatic heterocycles. The number of carbonyl (C=O) groups excluding carboxylic acids is 1. The largest absolute Gasteiger partial charge is 0.510 e. The Morgan fingerprint density at radius 3 is 2.63 bits per heavy atom. The fourth-order valence-corrected chi connectivity index (χ4v) is 2.22. The van der Waals surface area contributed by atoms with Crippen molar-refractivity contribution in [1.29, 1.82) is 0 Å². The fourth-order valence-electron chi connectivity index (χ4n) is 1.86. The second-order valence-corrected chi connectivity index (χ2v) is 4.92. The van der Waals surface area contributed by atoms with E-state index in [1.54, 1.807) is 19.4 Å². The maximum Gasteiger partial charge on any atom is 0.231 e. The second-order valence-electron chi connectivity index (χ2n) is 4.20. The average Bonchev–Trinajstić information content (AvgIpc) is 2.39. The van der Waals surface area contributed by atoms with Crippen molar-refractivity contribution >= 4 is 20.6 Å². The van der Waals surface area contributed by atoms with Crippen LogP contribution in [0.4, 0.5) is 0 Å². The third-order valence-electron chi connectivity index (χ3n) is 2.87. The molecule has 100 valence electrons. The van der Waals surface area contributed by atoms with Crippen molar-refractivity contribution in [2.45, 2.75) is 6.54 Å². The van der Waals surface area contributed by atoms with Gasteiger partial charge in [-0.25, -0.2) is 0 Å². The Labute approximate surface area is 120 Å². The van der Waals surface area contributed by atoms with Gasteiger partial charge >= 0.3 is 0 Å². The smallest absolute Gasteiger partial charge is 0.231 e. The molecule has 0 saturated heterocycles. The summed E-state index contributed by atoms with van der Waals surface area (Å²) < 4.78 is 4.80. The van der Waals surface area contributed by atoms with Crippen molar-refractivity contribution in [2.75, 3.05) is 13.7 Å². The minimum absolute atomic E-state index is 0.0814. The lowest BCUT2D eigenvalue weighted by Crippen LogP contribution is -2.24. The van der Waals surface area contributed by atoms with Crippen LogP contribution in [0.1, 0.15) is 5.56 Å². The summed E-state index contributed by atoms with van der Waals surface area (Å²) in [5, 5.41) is 9.79. The molecule has 0 bridgehead atoms. The van der Waals surface area contributed by atoms with Crippen LogP contribution in [-0.4, -0.2) is 28.4 Å². The van der Waals surface area contributed by atoms with Gasteiger partial charge in [0.2, 0.25) is 4.69 Å². The zero-order chi connectivity index (χ0) is 13.8. The van der Waals surface area contributed by atoms with E-state index in [0.29, 0.717) is 18.7 Å². The molecule has 0 saturated carbocycles. The maximum atomic E-state index is 11.2. The molecule has 0 atom stereocenters. The molecule has 0 aromatic heterocycles. The molecule has 0 spiro atoms. The number of methoxy groups -OCH3 is 1. The summed E-state index contributed by atoms with van der Waals surface area (Å²) in [7, 11) is 1.63. The van der Waals surface area contributed by atoms with E-state index >= 15 is 0 Å². The van der Waals surface area contributed by atoms with E-state index in [1.807, 2.05) is 29.2 Å². The molecule has 19 heavy (non-hydrogen) atoms. The molecule has 1 heterocycles. The van der Waals surface area contributed by atoms with Gasteiger partial charge in [-0.2, -0.15) is 0 Å². The third-order valence-corrected chi connectivity index (χ3v) is 3.30. The summed E-state index contributed by atoms with van der Waals surface area (Å²) >= 11 is 2.84.